The predicted octanol–water partition coefficient (Wildman–Crippen LogP) is 7.17. The van der Waals surface area contributed by atoms with Crippen LogP contribution >= 0.6 is 22.6 Å². The Hall–Kier alpha value is -2.49. The molecule has 0 aromatic heterocycles. The molecule has 2 aromatic rings. The third-order valence-corrected chi connectivity index (χ3v) is 13.6. The van der Waals surface area contributed by atoms with Crippen LogP contribution in [0, 0.1) is 22.7 Å². The molecule has 3 amide bonds. The fraction of sp³-hybridized carbons (Fsp3) is 0.595. The van der Waals surface area contributed by atoms with Crippen molar-refractivity contribution in [3.63, 3.8) is 0 Å². The molecule has 4 aliphatic carbocycles. The second kappa shape index (κ2) is 12.2. The minimum Gasteiger partial charge on any atom is -0.508 e. The maximum absolute atomic E-state index is 14.4. The first-order valence-corrected chi connectivity index (χ1v) is 18.8. The number of carbonyl (C=O) groups excluding carboxylic acids is 3. The van der Waals surface area contributed by atoms with Crippen molar-refractivity contribution >= 4 is 46.0 Å². The van der Waals surface area contributed by atoms with E-state index in [0.717, 1.165) is 86.4 Å². The topological polar surface area (TPSA) is 108 Å². The van der Waals surface area contributed by atoms with Gasteiger partial charge in [-0.3, -0.25) is 19.7 Å². The zero-order valence-electron chi connectivity index (χ0n) is 27.8. The molecule has 46 heavy (non-hydrogen) atoms. The molecule has 4 N–H and O–H groups in total. The van der Waals surface area contributed by atoms with Crippen LogP contribution < -0.4 is 15.4 Å². The Kier molecular flexibility index (Phi) is 8.86. The van der Waals surface area contributed by atoms with Gasteiger partial charge < -0.3 is 10.4 Å². The number of carbonyl (C=O) groups is 3. The minimum absolute atomic E-state index is 0.0649. The van der Waals surface area contributed by atoms with E-state index in [9.17, 15) is 19.5 Å². The number of nitrogens with one attached hydrogen (secondary N) is 3. The van der Waals surface area contributed by atoms with Gasteiger partial charge in [0.25, 0.3) is 0 Å². The molecule has 7 atom stereocenters. The predicted molar refractivity (Wildman–Crippen MR) is 188 cm³/mol. The minimum atomic E-state index is -0.693. The van der Waals surface area contributed by atoms with Crippen LogP contribution in [0.25, 0.3) is 0 Å². The van der Waals surface area contributed by atoms with Gasteiger partial charge in [-0.2, -0.15) is 0 Å². The Labute approximate surface area is 282 Å². The Balaban J connectivity index is 1.24. The molecule has 2 saturated carbocycles. The molecule has 2 aromatic carbocycles. The molecular weight excluding hydrogens is 615 g/mol. The Bertz CT molecular complexity index is 1570. The summed E-state index contributed by atoms with van der Waals surface area (Å²) in [6.07, 6.45) is 8.71. The van der Waals surface area contributed by atoms with Crippen LogP contribution in [0.1, 0.15) is 108 Å². The monoisotopic (exact) mass is 663 g/mol. The van der Waals surface area contributed by atoms with Crippen LogP contribution in [0.4, 0.5) is 5.69 Å². The number of phenols is 1. The molecule has 0 heterocycles. The normalized spacial score (nSPS) is 33.8. The van der Waals surface area contributed by atoms with E-state index in [4.69, 9.17) is 0 Å². The smallest absolute Gasteiger partial charge is 0.242 e. The van der Waals surface area contributed by atoms with Gasteiger partial charge in [0, 0.05) is 5.69 Å². The maximum Gasteiger partial charge on any atom is 0.242 e. The molecule has 6 rings (SSSR count). The number of fused-ring (bicyclic) bond motifs is 6. The van der Waals surface area contributed by atoms with Gasteiger partial charge in [-0.25, -0.2) is 4.72 Å². The lowest BCUT2D eigenvalue weighted by molar-refractivity contribution is -0.150. The summed E-state index contributed by atoms with van der Waals surface area (Å²) in [7, 11) is 1.12. The van der Waals surface area contributed by atoms with E-state index in [0.29, 0.717) is 0 Å². The molecule has 0 spiro atoms. The first-order valence-electron chi connectivity index (χ1n) is 16.9. The van der Waals surface area contributed by atoms with Gasteiger partial charge in [-0.1, -0.05) is 64.3 Å². The molecule has 0 saturated heterocycles. The highest BCUT2D eigenvalue weighted by atomic mass is 33.1. The fourth-order valence-corrected chi connectivity index (χ4v) is 11.0. The number of amides is 3. The van der Waals surface area contributed by atoms with Gasteiger partial charge in [0.05, 0.1) is 16.9 Å². The van der Waals surface area contributed by atoms with E-state index < -0.39 is 16.9 Å². The van der Waals surface area contributed by atoms with Crippen LogP contribution in [-0.4, -0.2) is 28.9 Å². The second-order valence-corrected chi connectivity index (χ2v) is 16.4. The summed E-state index contributed by atoms with van der Waals surface area (Å²) in [5, 5.41) is 16.4. The summed E-state index contributed by atoms with van der Waals surface area (Å²) in [6.45, 7) is 10.5. The number of rotatable bonds is 6. The first kappa shape index (κ1) is 33.4. The number of anilines is 1. The SMILES string of the molecule is C[C@H](NSS)C(=O)Nc1ccc2c(c1)[C@@]1(C)CCC[C@](C)(C(=O)NC(=O)[C@@]3(C)CCC[C@]4(C)c5cc(O)ccc5CC[C@@H]34)[C@@H]1CC2. The van der Waals surface area contributed by atoms with E-state index in [1.54, 1.807) is 13.0 Å². The largest absolute Gasteiger partial charge is 0.508 e. The van der Waals surface area contributed by atoms with Crippen LogP contribution in [0.15, 0.2) is 36.4 Å². The number of hydrogen-bond donors (Lipinski definition) is 5. The fourth-order valence-electron chi connectivity index (χ4n) is 10.3. The summed E-state index contributed by atoms with van der Waals surface area (Å²) in [5.74, 6) is -0.00368. The number of aryl methyl sites for hydroxylation is 2. The van der Waals surface area contributed by atoms with E-state index in [2.05, 4.69) is 66.8 Å². The number of phenolic OH excluding ortho intramolecular Hbond substituents is 1. The number of hydrogen-bond acceptors (Lipinski definition) is 7. The first-order chi connectivity index (χ1) is 21.8. The van der Waals surface area contributed by atoms with Crippen molar-refractivity contribution in [2.75, 3.05) is 5.32 Å². The molecule has 7 nitrogen and oxygen atoms in total. The molecule has 9 heteroatoms. The quantitative estimate of drug-likeness (QED) is 0.0972. The molecule has 248 valence electrons. The Morgan fingerprint density at radius 3 is 1.89 bits per heavy atom. The number of benzene rings is 2. The van der Waals surface area contributed by atoms with Gasteiger partial charge in [0.2, 0.25) is 17.7 Å². The summed E-state index contributed by atoms with van der Waals surface area (Å²) in [5.41, 5.74) is 3.79. The van der Waals surface area contributed by atoms with Gasteiger partial charge in [0.1, 0.15) is 5.75 Å². The molecule has 0 aliphatic heterocycles. The molecule has 0 unspecified atom stereocenters. The standard InChI is InChI=1S/C37H49N3O4S2/c1-22(40-46-45)31(42)38-25-12-8-23-10-14-29-34(2,27(23)20-25)16-6-18-36(29,4)32(43)39-33(44)37(5)19-7-17-35(3)28-21-26(41)13-9-24(28)11-15-30(35)37/h8-9,12-13,20-22,29-30,40-41,45H,6-7,10-11,14-19H2,1-5H3,(H,38,42)(H,39,43,44)/t22-,29+,30+,34+,35+,36-,37-/m0/s1. The number of aromatic hydroxyl groups is 1. The maximum atomic E-state index is 14.4. The summed E-state index contributed by atoms with van der Waals surface area (Å²) >= 11 is 4.10. The summed E-state index contributed by atoms with van der Waals surface area (Å²) in [4.78, 5) is 41.5. The van der Waals surface area contributed by atoms with Crippen molar-refractivity contribution < 1.29 is 19.5 Å². The van der Waals surface area contributed by atoms with Crippen LogP contribution in [0.2, 0.25) is 0 Å². The van der Waals surface area contributed by atoms with Crippen molar-refractivity contribution in [3.8, 4) is 5.75 Å². The molecular formula is C37H49N3O4S2. The highest BCUT2D eigenvalue weighted by molar-refractivity contribution is 8.67. The van der Waals surface area contributed by atoms with Crippen molar-refractivity contribution in [3.05, 3.63) is 58.7 Å². The number of imide groups is 1. The van der Waals surface area contributed by atoms with Gasteiger partial charge in [-0.05, 0) is 138 Å². The number of thiol groups is 1. The van der Waals surface area contributed by atoms with Gasteiger partial charge in [-0.15, -0.1) is 0 Å². The van der Waals surface area contributed by atoms with E-state index in [1.165, 1.54) is 16.7 Å². The van der Waals surface area contributed by atoms with Gasteiger partial charge in [0.15, 0.2) is 0 Å². The van der Waals surface area contributed by atoms with E-state index >= 15 is 0 Å². The lowest BCUT2D eigenvalue weighted by Crippen LogP contribution is -2.60. The lowest BCUT2D eigenvalue weighted by atomic mass is 9.49. The zero-order chi connectivity index (χ0) is 33.1. The Morgan fingerprint density at radius 2 is 1.35 bits per heavy atom. The molecule has 2 fully saturated rings. The van der Waals surface area contributed by atoms with Crippen LogP contribution in [0.3, 0.4) is 0 Å². The highest BCUT2D eigenvalue weighted by Crippen LogP contribution is 2.59. The average Bonchev–Trinajstić information content (AvgIpc) is 3.01. The molecule has 4 aliphatic rings. The van der Waals surface area contributed by atoms with Crippen molar-refractivity contribution in [1.29, 1.82) is 0 Å². The summed E-state index contributed by atoms with van der Waals surface area (Å²) in [6, 6.07) is 11.5. The third kappa shape index (κ3) is 5.38. The third-order valence-electron chi connectivity index (χ3n) is 12.9. The van der Waals surface area contributed by atoms with Crippen molar-refractivity contribution in [2.24, 2.45) is 22.7 Å². The zero-order valence-corrected chi connectivity index (χ0v) is 29.5. The van der Waals surface area contributed by atoms with E-state index in [1.807, 2.05) is 18.2 Å². The molecule has 0 radical (unpaired) electrons. The van der Waals surface area contributed by atoms with Crippen molar-refractivity contribution in [2.45, 2.75) is 116 Å². The Morgan fingerprint density at radius 1 is 0.826 bits per heavy atom. The van der Waals surface area contributed by atoms with E-state index in [-0.39, 0.29) is 46.1 Å². The lowest BCUT2D eigenvalue weighted by Gasteiger charge is -2.56. The summed E-state index contributed by atoms with van der Waals surface area (Å²) < 4.78 is 2.96. The molecule has 0 bridgehead atoms. The van der Waals surface area contributed by atoms with Crippen LogP contribution in [-0.2, 0) is 38.1 Å². The van der Waals surface area contributed by atoms with Crippen molar-refractivity contribution in [1.82, 2.24) is 10.0 Å². The highest BCUT2D eigenvalue weighted by Gasteiger charge is 2.58. The average molecular weight is 664 g/mol. The van der Waals surface area contributed by atoms with Gasteiger partial charge >= 0.3 is 0 Å². The van der Waals surface area contributed by atoms with Crippen LogP contribution in [0.5, 0.6) is 5.75 Å². The second-order valence-electron chi connectivity index (χ2n) is 15.5.